The molecular formula is C11H16N2O. The molecule has 0 saturated heterocycles. The van der Waals surface area contributed by atoms with Gasteiger partial charge in [0.15, 0.2) is 0 Å². The van der Waals surface area contributed by atoms with Crippen molar-refractivity contribution in [3.05, 3.63) is 29.8 Å². The van der Waals surface area contributed by atoms with E-state index >= 15 is 0 Å². The van der Waals surface area contributed by atoms with E-state index in [1.165, 1.54) is 6.92 Å². The minimum absolute atomic E-state index is 0.0410. The summed E-state index contributed by atoms with van der Waals surface area (Å²) in [6.07, 6.45) is 0. The molecule has 0 spiro atoms. The Morgan fingerprint density at radius 3 is 2.57 bits per heavy atom. The number of benzene rings is 1. The number of carbonyl (C=O) groups is 1. The van der Waals surface area contributed by atoms with Crippen molar-refractivity contribution in [1.82, 2.24) is 5.32 Å². The average Bonchev–Trinajstić information content (AvgIpc) is 2.16. The third-order valence-electron chi connectivity index (χ3n) is 2.17. The zero-order chi connectivity index (χ0) is 10.6. The van der Waals surface area contributed by atoms with Crippen LogP contribution in [0.4, 0.5) is 5.69 Å². The summed E-state index contributed by atoms with van der Waals surface area (Å²) >= 11 is 0. The summed E-state index contributed by atoms with van der Waals surface area (Å²) in [4.78, 5) is 10.9. The van der Waals surface area contributed by atoms with E-state index in [1.54, 1.807) is 0 Å². The van der Waals surface area contributed by atoms with E-state index in [0.29, 0.717) is 0 Å². The highest BCUT2D eigenvalue weighted by Gasteiger charge is 2.08. The lowest BCUT2D eigenvalue weighted by Crippen LogP contribution is -2.16. The van der Waals surface area contributed by atoms with Crippen molar-refractivity contribution in [2.45, 2.75) is 19.9 Å². The van der Waals surface area contributed by atoms with Gasteiger partial charge in [-0.1, -0.05) is 18.2 Å². The van der Waals surface area contributed by atoms with Crippen molar-refractivity contribution in [1.29, 1.82) is 0 Å². The van der Waals surface area contributed by atoms with Crippen molar-refractivity contribution in [2.24, 2.45) is 0 Å². The highest BCUT2D eigenvalue weighted by Crippen LogP contribution is 2.21. The van der Waals surface area contributed by atoms with Crippen LogP contribution >= 0.6 is 0 Å². The van der Waals surface area contributed by atoms with E-state index in [1.807, 2.05) is 31.3 Å². The minimum Gasteiger partial charge on any atom is -0.326 e. The number of amides is 1. The molecule has 0 heterocycles. The molecule has 0 radical (unpaired) electrons. The molecule has 0 unspecified atom stereocenters. The van der Waals surface area contributed by atoms with Crippen LogP contribution in [-0.4, -0.2) is 13.0 Å². The maximum atomic E-state index is 10.9. The van der Waals surface area contributed by atoms with Gasteiger partial charge in [0.1, 0.15) is 0 Å². The van der Waals surface area contributed by atoms with Gasteiger partial charge in [0.2, 0.25) is 5.91 Å². The van der Waals surface area contributed by atoms with Gasteiger partial charge in [-0.3, -0.25) is 4.79 Å². The van der Waals surface area contributed by atoms with Crippen LogP contribution in [0, 0.1) is 0 Å². The molecule has 0 aliphatic heterocycles. The zero-order valence-corrected chi connectivity index (χ0v) is 8.79. The van der Waals surface area contributed by atoms with Crippen molar-refractivity contribution < 1.29 is 4.79 Å². The van der Waals surface area contributed by atoms with Gasteiger partial charge in [0.25, 0.3) is 0 Å². The summed E-state index contributed by atoms with van der Waals surface area (Å²) in [5.41, 5.74) is 1.98. The third kappa shape index (κ3) is 2.57. The van der Waals surface area contributed by atoms with Gasteiger partial charge in [-0.05, 0) is 25.6 Å². The first kappa shape index (κ1) is 10.7. The van der Waals surface area contributed by atoms with Gasteiger partial charge >= 0.3 is 0 Å². The first-order valence-corrected chi connectivity index (χ1v) is 4.69. The Labute approximate surface area is 84.5 Å². The minimum atomic E-state index is -0.0410. The topological polar surface area (TPSA) is 41.1 Å². The Bertz CT molecular complexity index is 323. The van der Waals surface area contributed by atoms with E-state index in [9.17, 15) is 4.79 Å². The van der Waals surface area contributed by atoms with Crippen LogP contribution in [0.1, 0.15) is 25.5 Å². The maximum absolute atomic E-state index is 10.9. The zero-order valence-electron chi connectivity index (χ0n) is 8.79. The second-order valence-corrected chi connectivity index (χ2v) is 3.28. The van der Waals surface area contributed by atoms with Crippen molar-refractivity contribution >= 4 is 11.6 Å². The lowest BCUT2D eigenvalue weighted by atomic mass is 10.1. The molecule has 76 valence electrons. The Balaban J connectivity index is 2.96. The molecule has 1 amide bonds. The molecule has 1 aromatic carbocycles. The maximum Gasteiger partial charge on any atom is 0.221 e. The van der Waals surface area contributed by atoms with Crippen LogP contribution < -0.4 is 10.6 Å². The highest BCUT2D eigenvalue weighted by molar-refractivity contribution is 5.89. The van der Waals surface area contributed by atoms with Gasteiger partial charge in [0, 0.05) is 18.7 Å². The van der Waals surface area contributed by atoms with E-state index in [-0.39, 0.29) is 11.9 Å². The molecule has 2 N–H and O–H groups in total. The number of hydrogen-bond acceptors (Lipinski definition) is 2. The first-order chi connectivity index (χ1) is 6.65. The van der Waals surface area contributed by atoms with Crippen LogP contribution in [0.15, 0.2) is 24.3 Å². The summed E-state index contributed by atoms with van der Waals surface area (Å²) in [6.45, 7) is 3.57. The van der Waals surface area contributed by atoms with Crippen molar-refractivity contribution in [3.8, 4) is 0 Å². The fourth-order valence-corrected chi connectivity index (χ4v) is 1.33. The summed E-state index contributed by atoms with van der Waals surface area (Å²) < 4.78 is 0. The Morgan fingerprint density at radius 1 is 1.36 bits per heavy atom. The molecule has 1 aromatic rings. The number of carbonyl (C=O) groups excluding carboxylic acids is 1. The number of anilines is 1. The lowest BCUT2D eigenvalue weighted by molar-refractivity contribution is -0.114. The molecule has 0 aromatic heterocycles. The van der Waals surface area contributed by atoms with Crippen molar-refractivity contribution in [3.63, 3.8) is 0 Å². The third-order valence-corrected chi connectivity index (χ3v) is 2.17. The molecule has 0 fully saturated rings. The molecule has 14 heavy (non-hydrogen) atoms. The van der Waals surface area contributed by atoms with E-state index < -0.39 is 0 Å². The molecule has 1 atom stereocenters. The smallest absolute Gasteiger partial charge is 0.221 e. The molecular weight excluding hydrogens is 176 g/mol. The summed E-state index contributed by atoms with van der Waals surface area (Å²) in [6, 6.07) is 8.03. The SMILES string of the molecule is CN[C@H](C)c1ccccc1NC(C)=O. The van der Waals surface area contributed by atoms with Crippen molar-refractivity contribution in [2.75, 3.05) is 12.4 Å². The van der Waals surface area contributed by atoms with Gasteiger partial charge < -0.3 is 10.6 Å². The largest absolute Gasteiger partial charge is 0.326 e. The average molecular weight is 192 g/mol. The predicted molar refractivity (Wildman–Crippen MR) is 58.2 cm³/mol. The first-order valence-electron chi connectivity index (χ1n) is 4.69. The van der Waals surface area contributed by atoms with Gasteiger partial charge in [-0.2, -0.15) is 0 Å². The van der Waals surface area contributed by atoms with Crippen LogP contribution in [0.3, 0.4) is 0 Å². The highest BCUT2D eigenvalue weighted by atomic mass is 16.1. The normalized spacial score (nSPS) is 12.2. The van der Waals surface area contributed by atoms with E-state index in [2.05, 4.69) is 17.6 Å². The lowest BCUT2D eigenvalue weighted by Gasteiger charge is -2.15. The molecule has 3 heteroatoms. The summed E-state index contributed by atoms with van der Waals surface area (Å²) in [5, 5.41) is 5.95. The second-order valence-electron chi connectivity index (χ2n) is 3.28. The number of nitrogens with one attached hydrogen (secondary N) is 2. The number of rotatable bonds is 3. The summed E-state index contributed by atoms with van der Waals surface area (Å²) in [5.74, 6) is -0.0410. The quantitative estimate of drug-likeness (QED) is 0.768. The van der Waals surface area contributed by atoms with Crippen LogP contribution in [0.25, 0.3) is 0 Å². The Kier molecular flexibility index (Phi) is 3.65. The summed E-state index contributed by atoms with van der Waals surface area (Å²) in [7, 11) is 1.90. The second kappa shape index (κ2) is 4.77. The van der Waals surface area contributed by atoms with Gasteiger partial charge in [-0.25, -0.2) is 0 Å². The monoisotopic (exact) mass is 192 g/mol. The van der Waals surface area contributed by atoms with Gasteiger partial charge in [-0.15, -0.1) is 0 Å². The molecule has 0 aliphatic rings. The Morgan fingerprint density at radius 2 is 2.00 bits per heavy atom. The number of para-hydroxylation sites is 1. The van der Waals surface area contributed by atoms with Crippen LogP contribution in [-0.2, 0) is 4.79 Å². The van der Waals surface area contributed by atoms with Crippen LogP contribution in [0.2, 0.25) is 0 Å². The fraction of sp³-hybridized carbons (Fsp3) is 0.364. The predicted octanol–water partition coefficient (Wildman–Crippen LogP) is 1.93. The standard InChI is InChI=1S/C11H16N2O/c1-8(12-3)10-6-4-5-7-11(10)13-9(2)14/h4-8,12H,1-3H3,(H,13,14)/t8-/m1/s1. The molecule has 0 bridgehead atoms. The molecule has 0 saturated carbocycles. The Hall–Kier alpha value is -1.35. The van der Waals surface area contributed by atoms with E-state index in [0.717, 1.165) is 11.3 Å². The molecule has 3 nitrogen and oxygen atoms in total. The number of hydrogen-bond donors (Lipinski definition) is 2. The fourth-order valence-electron chi connectivity index (χ4n) is 1.33. The van der Waals surface area contributed by atoms with Gasteiger partial charge in [0.05, 0.1) is 0 Å². The molecule has 1 rings (SSSR count). The molecule has 0 aliphatic carbocycles. The van der Waals surface area contributed by atoms with E-state index in [4.69, 9.17) is 0 Å². The van der Waals surface area contributed by atoms with Crippen LogP contribution in [0.5, 0.6) is 0 Å².